The van der Waals surface area contributed by atoms with E-state index >= 15 is 0 Å². The van der Waals surface area contributed by atoms with Crippen LogP contribution in [0, 0.1) is 11.8 Å². The average molecular weight is 294 g/mol. The van der Waals surface area contributed by atoms with Gasteiger partial charge >= 0.3 is 0 Å². The molecule has 2 amide bonds. The molecule has 0 fully saturated rings. The molecule has 1 N–H and O–H groups in total. The molecule has 6 nitrogen and oxygen atoms in total. The summed E-state index contributed by atoms with van der Waals surface area (Å²) in [5, 5.41) is 1.42. The number of carbonyl (C=O) groups excluding carboxylic acids is 2. The standard InChI is InChI=1S/C15H26N4O2/c1-12(2)5-6-14(20)17-19(9-13(3)4)15(21)10-18-8-7-16-11-18/h7-8,11-13H,5-6,9-10H2,1-4H3,(H,17,20). The maximum absolute atomic E-state index is 12.3. The average Bonchev–Trinajstić information content (AvgIpc) is 2.87. The van der Waals surface area contributed by atoms with Crippen LogP contribution >= 0.6 is 0 Å². The molecule has 0 aromatic carbocycles. The fourth-order valence-corrected chi connectivity index (χ4v) is 1.82. The molecule has 118 valence electrons. The van der Waals surface area contributed by atoms with Crippen LogP contribution in [-0.2, 0) is 16.1 Å². The van der Waals surface area contributed by atoms with Crippen molar-refractivity contribution in [2.75, 3.05) is 6.54 Å². The third-order valence-corrected chi connectivity index (χ3v) is 2.93. The van der Waals surface area contributed by atoms with Crippen LogP contribution in [0.3, 0.4) is 0 Å². The van der Waals surface area contributed by atoms with Gasteiger partial charge in [0.15, 0.2) is 0 Å². The lowest BCUT2D eigenvalue weighted by Crippen LogP contribution is -2.49. The van der Waals surface area contributed by atoms with Crippen LogP contribution in [-0.4, -0.2) is 32.9 Å². The molecule has 0 aliphatic rings. The van der Waals surface area contributed by atoms with E-state index < -0.39 is 0 Å². The molecule has 0 atom stereocenters. The highest BCUT2D eigenvalue weighted by Gasteiger charge is 2.18. The summed E-state index contributed by atoms with van der Waals surface area (Å²) in [5.74, 6) is 0.501. The Morgan fingerprint density at radius 3 is 2.48 bits per heavy atom. The van der Waals surface area contributed by atoms with Crippen molar-refractivity contribution in [2.45, 2.75) is 47.1 Å². The predicted molar refractivity (Wildman–Crippen MR) is 81.0 cm³/mol. The summed E-state index contributed by atoms with van der Waals surface area (Å²) in [5.41, 5.74) is 2.73. The highest BCUT2D eigenvalue weighted by Crippen LogP contribution is 2.04. The summed E-state index contributed by atoms with van der Waals surface area (Å²) in [6.07, 6.45) is 6.20. The Labute approximate surface area is 126 Å². The van der Waals surface area contributed by atoms with Gasteiger partial charge in [0.25, 0.3) is 5.91 Å². The van der Waals surface area contributed by atoms with Crippen molar-refractivity contribution >= 4 is 11.8 Å². The molecule has 0 spiro atoms. The number of nitrogens with zero attached hydrogens (tertiary/aromatic N) is 3. The Balaban J connectivity index is 2.57. The monoisotopic (exact) mass is 294 g/mol. The summed E-state index contributed by atoms with van der Waals surface area (Å²) in [6, 6.07) is 0. The molecule has 6 heteroatoms. The van der Waals surface area contributed by atoms with E-state index in [0.29, 0.717) is 18.9 Å². The fourth-order valence-electron chi connectivity index (χ4n) is 1.82. The molecule has 1 aromatic heterocycles. The largest absolute Gasteiger partial charge is 0.328 e. The Hall–Kier alpha value is -1.85. The van der Waals surface area contributed by atoms with Gasteiger partial charge in [-0.1, -0.05) is 27.7 Å². The highest BCUT2D eigenvalue weighted by atomic mass is 16.2. The number of hydrogen-bond donors (Lipinski definition) is 1. The first-order valence-electron chi connectivity index (χ1n) is 7.44. The van der Waals surface area contributed by atoms with Crippen LogP contribution in [0.25, 0.3) is 0 Å². The number of aromatic nitrogens is 2. The van der Waals surface area contributed by atoms with E-state index in [1.54, 1.807) is 23.3 Å². The number of carbonyl (C=O) groups is 2. The van der Waals surface area contributed by atoms with Crippen molar-refractivity contribution in [3.8, 4) is 0 Å². The second-order valence-electron chi connectivity index (χ2n) is 6.10. The number of imidazole rings is 1. The molecule has 1 aromatic rings. The molecule has 1 rings (SSSR count). The number of amides is 2. The van der Waals surface area contributed by atoms with E-state index in [2.05, 4.69) is 24.3 Å². The zero-order valence-electron chi connectivity index (χ0n) is 13.4. The summed E-state index contributed by atoms with van der Waals surface area (Å²) in [6.45, 7) is 8.85. The van der Waals surface area contributed by atoms with Crippen LogP contribution in [0.1, 0.15) is 40.5 Å². The molecule has 21 heavy (non-hydrogen) atoms. The zero-order chi connectivity index (χ0) is 15.8. The van der Waals surface area contributed by atoms with Crippen molar-refractivity contribution in [1.29, 1.82) is 0 Å². The highest BCUT2D eigenvalue weighted by molar-refractivity contribution is 5.82. The first-order chi connectivity index (χ1) is 9.88. The number of rotatable bonds is 7. The minimum absolute atomic E-state index is 0.108. The normalized spacial score (nSPS) is 11.0. The summed E-state index contributed by atoms with van der Waals surface area (Å²) in [4.78, 5) is 28.1. The SMILES string of the molecule is CC(C)CCC(=O)NN(CC(C)C)C(=O)Cn1ccnc1. The van der Waals surface area contributed by atoms with E-state index in [-0.39, 0.29) is 24.3 Å². The van der Waals surface area contributed by atoms with Gasteiger partial charge in [-0.2, -0.15) is 0 Å². The van der Waals surface area contributed by atoms with E-state index in [1.807, 2.05) is 13.8 Å². The van der Waals surface area contributed by atoms with Gasteiger partial charge in [-0.25, -0.2) is 4.98 Å². The summed E-state index contributed by atoms with van der Waals surface area (Å²) in [7, 11) is 0. The molecule has 0 aliphatic heterocycles. The maximum Gasteiger partial charge on any atom is 0.260 e. The van der Waals surface area contributed by atoms with Crippen molar-refractivity contribution in [1.82, 2.24) is 20.0 Å². The quantitative estimate of drug-likeness (QED) is 0.780. The number of nitrogens with one attached hydrogen (secondary N) is 1. The van der Waals surface area contributed by atoms with Gasteiger partial charge in [0.2, 0.25) is 5.91 Å². The topological polar surface area (TPSA) is 67.2 Å². The van der Waals surface area contributed by atoms with Crippen molar-refractivity contribution < 1.29 is 9.59 Å². The van der Waals surface area contributed by atoms with Gasteiger partial charge in [0.1, 0.15) is 6.54 Å². The minimum atomic E-state index is -0.139. The first kappa shape index (κ1) is 17.2. The van der Waals surface area contributed by atoms with Gasteiger partial charge in [0.05, 0.1) is 6.33 Å². The van der Waals surface area contributed by atoms with Crippen molar-refractivity contribution in [2.24, 2.45) is 11.8 Å². The van der Waals surface area contributed by atoms with Crippen LogP contribution in [0.15, 0.2) is 18.7 Å². The van der Waals surface area contributed by atoms with Gasteiger partial charge < -0.3 is 4.57 Å². The molecular weight excluding hydrogens is 268 g/mol. The van der Waals surface area contributed by atoms with Gasteiger partial charge in [-0.15, -0.1) is 0 Å². The maximum atomic E-state index is 12.3. The van der Waals surface area contributed by atoms with Gasteiger partial charge in [-0.3, -0.25) is 20.0 Å². The molecular formula is C15H26N4O2. The van der Waals surface area contributed by atoms with E-state index in [0.717, 1.165) is 6.42 Å². The van der Waals surface area contributed by atoms with Crippen LogP contribution in [0.4, 0.5) is 0 Å². The zero-order valence-corrected chi connectivity index (χ0v) is 13.4. The van der Waals surface area contributed by atoms with Gasteiger partial charge in [-0.05, 0) is 18.3 Å². The molecule has 0 aliphatic carbocycles. The van der Waals surface area contributed by atoms with Gasteiger partial charge in [0, 0.05) is 25.4 Å². The Kier molecular flexibility index (Phi) is 6.91. The molecule has 1 heterocycles. The molecule has 0 unspecified atom stereocenters. The lowest BCUT2D eigenvalue weighted by atomic mass is 10.1. The van der Waals surface area contributed by atoms with Crippen molar-refractivity contribution in [3.63, 3.8) is 0 Å². The Morgan fingerprint density at radius 2 is 1.95 bits per heavy atom. The fraction of sp³-hybridized carbons (Fsp3) is 0.667. The molecule has 0 bridgehead atoms. The first-order valence-corrected chi connectivity index (χ1v) is 7.44. The van der Waals surface area contributed by atoms with Crippen LogP contribution < -0.4 is 5.43 Å². The molecule has 0 radical (unpaired) electrons. The second-order valence-corrected chi connectivity index (χ2v) is 6.10. The van der Waals surface area contributed by atoms with E-state index in [1.165, 1.54) is 5.01 Å². The lowest BCUT2D eigenvalue weighted by Gasteiger charge is -2.25. The number of hydrogen-bond acceptors (Lipinski definition) is 3. The van der Waals surface area contributed by atoms with E-state index in [4.69, 9.17) is 0 Å². The van der Waals surface area contributed by atoms with Crippen molar-refractivity contribution in [3.05, 3.63) is 18.7 Å². The molecule has 0 saturated heterocycles. The second kappa shape index (κ2) is 8.44. The summed E-state index contributed by atoms with van der Waals surface area (Å²) >= 11 is 0. The smallest absolute Gasteiger partial charge is 0.260 e. The third kappa shape index (κ3) is 6.92. The third-order valence-electron chi connectivity index (χ3n) is 2.93. The molecule has 0 saturated carbocycles. The Bertz CT molecular complexity index is 441. The van der Waals surface area contributed by atoms with E-state index in [9.17, 15) is 9.59 Å². The van der Waals surface area contributed by atoms with Crippen LogP contribution in [0.2, 0.25) is 0 Å². The number of hydrazine groups is 1. The van der Waals surface area contributed by atoms with Crippen LogP contribution in [0.5, 0.6) is 0 Å². The summed E-state index contributed by atoms with van der Waals surface area (Å²) < 4.78 is 1.69. The Morgan fingerprint density at radius 1 is 1.24 bits per heavy atom. The predicted octanol–water partition coefficient (Wildman–Crippen LogP) is 1.84. The lowest BCUT2D eigenvalue weighted by molar-refractivity contribution is -0.142. The minimum Gasteiger partial charge on any atom is -0.328 e.